The maximum Gasteiger partial charge on any atom is 0.271 e. The fraction of sp³-hybridized carbons (Fsp3) is 0.292. The molecule has 0 N–H and O–H groups in total. The second-order valence-corrected chi connectivity index (χ2v) is 8.04. The van der Waals surface area contributed by atoms with E-state index in [-0.39, 0.29) is 23.8 Å². The summed E-state index contributed by atoms with van der Waals surface area (Å²) in [6, 6.07) is 18.7. The van der Waals surface area contributed by atoms with E-state index < -0.39 is 0 Å². The van der Waals surface area contributed by atoms with Crippen LogP contribution in [0.1, 0.15) is 27.7 Å². The standard InChI is InChI=1S/C24H24FN3O2/c1-30-20-9-7-17(8-10-20)14-28-23-16-26(13-18-4-2-5-19(25)12-18)15-22(23)27-11-3-6-21(27)24(28)29/h2-12,22-23H,13-16H2,1H3/t22-,23-/m0/s1. The summed E-state index contributed by atoms with van der Waals surface area (Å²) in [4.78, 5) is 17.6. The van der Waals surface area contributed by atoms with E-state index in [0.29, 0.717) is 13.1 Å². The summed E-state index contributed by atoms with van der Waals surface area (Å²) in [6.45, 7) is 2.82. The van der Waals surface area contributed by atoms with Crippen LogP contribution in [0.25, 0.3) is 0 Å². The first-order valence-corrected chi connectivity index (χ1v) is 10.2. The topological polar surface area (TPSA) is 37.7 Å². The Kier molecular flexibility index (Phi) is 4.79. The van der Waals surface area contributed by atoms with Crippen molar-refractivity contribution < 1.29 is 13.9 Å². The number of hydrogen-bond acceptors (Lipinski definition) is 3. The third-order valence-electron chi connectivity index (χ3n) is 6.16. The van der Waals surface area contributed by atoms with Crippen LogP contribution < -0.4 is 4.74 Å². The van der Waals surface area contributed by atoms with Crippen molar-refractivity contribution in [2.24, 2.45) is 0 Å². The van der Waals surface area contributed by atoms with Crippen LogP contribution in [-0.4, -0.2) is 46.5 Å². The molecule has 5 nitrogen and oxygen atoms in total. The van der Waals surface area contributed by atoms with Crippen LogP contribution in [-0.2, 0) is 13.1 Å². The first-order chi connectivity index (χ1) is 14.6. The van der Waals surface area contributed by atoms with Crippen LogP contribution in [0.15, 0.2) is 66.9 Å². The lowest BCUT2D eigenvalue weighted by Crippen LogP contribution is -2.49. The highest BCUT2D eigenvalue weighted by Gasteiger charge is 2.44. The van der Waals surface area contributed by atoms with Gasteiger partial charge in [-0.1, -0.05) is 24.3 Å². The van der Waals surface area contributed by atoms with Crippen molar-refractivity contribution in [3.8, 4) is 5.75 Å². The Labute approximate surface area is 175 Å². The molecule has 0 unspecified atom stereocenters. The molecule has 3 aromatic rings. The molecule has 5 rings (SSSR count). The van der Waals surface area contributed by atoms with Crippen molar-refractivity contribution in [2.45, 2.75) is 25.2 Å². The molecule has 1 aromatic heterocycles. The Bertz CT molecular complexity index is 1060. The van der Waals surface area contributed by atoms with Gasteiger partial charge in [-0.2, -0.15) is 0 Å². The third kappa shape index (κ3) is 3.37. The van der Waals surface area contributed by atoms with Gasteiger partial charge in [0, 0.05) is 32.4 Å². The lowest BCUT2D eigenvalue weighted by molar-refractivity contribution is 0.0556. The molecule has 6 heteroatoms. The van der Waals surface area contributed by atoms with Crippen LogP contribution >= 0.6 is 0 Å². The number of ether oxygens (including phenoxy) is 1. The summed E-state index contributed by atoms with van der Waals surface area (Å²) in [5, 5.41) is 0. The molecule has 0 aliphatic carbocycles. The maximum atomic E-state index is 13.6. The molecule has 1 amide bonds. The molecule has 2 aromatic carbocycles. The average molecular weight is 405 g/mol. The molecule has 2 atom stereocenters. The van der Waals surface area contributed by atoms with Crippen molar-refractivity contribution in [2.75, 3.05) is 20.2 Å². The van der Waals surface area contributed by atoms with E-state index >= 15 is 0 Å². The Balaban J connectivity index is 1.41. The van der Waals surface area contributed by atoms with E-state index in [4.69, 9.17) is 4.74 Å². The fourth-order valence-electron chi connectivity index (χ4n) is 4.73. The Morgan fingerprint density at radius 2 is 1.77 bits per heavy atom. The second-order valence-electron chi connectivity index (χ2n) is 8.04. The van der Waals surface area contributed by atoms with Gasteiger partial charge < -0.3 is 14.2 Å². The molecule has 154 valence electrons. The van der Waals surface area contributed by atoms with Crippen molar-refractivity contribution in [3.63, 3.8) is 0 Å². The van der Waals surface area contributed by atoms with E-state index in [1.165, 1.54) is 6.07 Å². The summed E-state index contributed by atoms with van der Waals surface area (Å²) in [7, 11) is 1.65. The molecule has 0 saturated carbocycles. The molecule has 3 heterocycles. The number of hydrogen-bond donors (Lipinski definition) is 0. The highest BCUT2D eigenvalue weighted by molar-refractivity contribution is 5.94. The smallest absolute Gasteiger partial charge is 0.271 e. The largest absolute Gasteiger partial charge is 0.497 e. The first kappa shape index (κ1) is 18.9. The molecular formula is C24H24FN3O2. The average Bonchev–Trinajstić information content (AvgIpc) is 3.39. The predicted molar refractivity (Wildman–Crippen MR) is 112 cm³/mol. The van der Waals surface area contributed by atoms with Crippen LogP contribution in [0, 0.1) is 5.82 Å². The van der Waals surface area contributed by atoms with E-state index in [2.05, 4.69) is 9.47 Å². The van der Waals surface area contributed by atoms with Gasteiger partial charge in [0.2, 0.25) is 0 Å². The van der Waals surface area contributed by atoms with Gasteiger partial charge in [-0.3, -0.25) is 9.69 Å². The summed E-state index contributed by atoms with van der Waals surface area (Å²) in [5.74, 6) is 0.649. The van der Waals surface area contributed by atoms with Gasteiger partial charge in [0.1, 0.15) is 17.3 Å². The number of rotatable bonds is 5. The molecular weight excluding hydrogens is 381 g/mol. The molecule has 0 radical (unpaired) electrons. The zero-order valence-electron chi connectivity index (χ0n) is 16.9. The lowest BCUT2D eigenvalue weighted by atomic mass is 10.0. The maximum absolute atomic E-state index is 13.6. The molecule has 1 fully saturated rings. The Morgan fingerprint density at radius 1 is 0.967 bits per heavy atom. The van der Waals surface area contributed by atoms with Gasteiger partial charge >= 0.3 is 0 Å². The summed E-state index contributed by atoms with van der Waals surface area (Å²) >= 11 is 0. The zero-order valence-corrected chi connectivity index (χ0v) is 16.9. The normalized spacial score (nSPS) is 20.9. The number of methoxy groups -OCH3 is 1. The minimum absolute atomic E-state index is 0.0599. The van der Waals surface area contributed by atoms with Gasteiger partial charge in [0.15, 0.2) is 0 Å². The highest BCUT2D eigenvalue weighted by Crippen LogP contribution is 2.35. The van der Waals surface area contributed by atoms with Crippen molar-refractivity contribution in [3.05, 3.63) is 89.5 Å². The highest BCUT2D eigenvalue weighted by atomic mass is 19.1. The summed E-state index contributed by atoms with van der Waals surface area (Å²) in [6.07, 6.45) is 2.00. The van der Waals surface area contributed by atoms with Gasteiger partial charge in [0.25, 0.3) is 5.91 Å². The Hall–Kier alpha value is -3.12. The number of nitrogens with zero attached hydrogens (tertiary/aromatic N) is 3. The van der Waals surface area contributed by atoms with Crippen LogP contribution in [0.2, 0.25) is 0 Å². The van der Waals surface area contributed by atoms with Gasteiger partial charge in [-0.25, -0.2) is 4.39 Å². The quantitative estimate of drug-likeness (QED) is 0.649. The lowest BCUT2D eigenvalue weighted by Gasteiger charge is -2.38. The number of amides is 1. The number of benzene rings is 2. The van der Waals surface area contributed by atoms with Crippen molar-refractivity contribution in [1.29, 1.82) is 0 Å². The van der Waals surface area contributed by atoms with Gasteiger partial charge in [-0.15, -0.1) is 0 Å². The number of fused-ring (bicyclic) bond motifs is 3. The minimum atomic E-state index is -0.215. The summed E-state index contributed by atoms with van der Waals surface area (Å²) in [5.41, 5.74) is 2.76. The molecule has 2 aliphatic rings. The van der Waals surface area contributed by atoms with E-state index in [0.717, 1.165) is 35.7 Å². The van der Waals surface area contributed by atoms with Gasteiger partial charge in [0.05, 0.1) is 19.2 Å². The Morgan fingerprint density at radius 3 is 2.53 bits per heavy atom. The monoisotopic (exact) mass is 405 g/mol. The van der Waals surface area contributed by atoms with E-state index in [9.17, 15) is 9.18 Å². The second kappa shape index (κ2) is 7.61. The number of aromatic nitrogens is 1. The molecule has 30 heavy (non-hydrogen) atoms. The fourth-order valence-corrected chi connectivity index (χ4v) is 4.73. The van der Waals surface area contributed by atoms with Crippen LogP contribution in [0.3, 0.4) is 0 Å². The van der Waals surface area contributed by atoms with Crippen LogP contribution in [0.5, 0.6) is 5.75 Å². The molecule has 1 saturated heterocycles. The number of carbonyl (C=O) groups excluding carboxylic acids is 1. The number of carbonyl (C=O) groups is 1. The minimum Gasteiger partial charge on any atom is -0.497 e. The number of likely N-dealkylation sites (tertiary alicyclic amines) is 1. The molecule has 0 spiro atoms. The third-order valence-corrected chi connectivity index (χ3v) is 6.16. The predicted octanol–water partition coefficient (Wildman–Crippen LogP) is 3.72. The van der Waals surface area contributed by atoms with E-state index in [1.54, 1.807) is 19.2 Å². The first-order valence-electron chi connectivity index (χ1n) is 10.2. The van der Waals surface area contributed by atoms with Crippen molar-refractivity contribution >= 4 is 5.91 Å². The zero-order chi connectivity index (χ0) is 20.7. The summed E-state index contributed by atoms with van der Waals surface area (Å²) < 4.78 is 21.0. The van der Waals surface area contributed by atoms with Crippen LogP contribution in [0.4, 0.5) is 4.39 Å². The number of halogens is 1. The van der Waals surface area contributed by atoms with Crippen molar-refractivity contribution in [1.82, 2.24) is 14.4 Å². The van der Waals surface area contributed by atoms with E-state index in [1.807, 2.05) is 53.6 Å². The molecule has 2 aliphatic heterocycles. The SMILES string of the molecule is COc1ccc(CN2C(=O)c3cccn3[C@H]3CN(Cc4cccc(F)c4)C[C@@H]32)cc1. The van der Waals surface area contributed by atoms with Gasteiger partial charge in [-0.05, 0) is 47.5 Å². The molecule has 0 bridgehead atoms.